The first-order chi connectivity index (χ1) is 12.4. The molecule has 0 unspecified atom stereocenters. The maximum atomic E-state index is 13.6. The molecule has 0 heterocycles. The second-order valence-electron chi connectivity index (χ2n) is 5.33. The first-order valence-electron chi connectivity index (χ1n) is 7.49. The fourth-order valence-corrected chi connectivity index (χ4v) is 2.11. The number of hydrogen-bond acceptors (Lipinski definition) is 4. The summed E-state index contributed by atoms with van der Waals surface area (Å²) in [6.45, 7) is 1.25. The van der Waals surface area contributed by atoms with E-state index >= 15 is 0 Å². The number of hydrogen-bond donors (Lipinski definition) is 1. The van der Waals surface area contributed by atoms with E-state index in [1.54, 1.807) is 18.2 Å². The fraction of sp³-hybridized carbons (Fsp3) is 0.105. The lowest BCUT2D eigenvalue weighted by atomic mass is 10.1. The Bertz CT molecular complexity index is 902. The minimum atomic E-state index is -0.945. The van der Waals surface area contributed by atoms with Crippen LogP contribution in [0.25, 0.3) is 6.08 Å². The van der Waals surface area contributed by atoms with Gasteiger partial charge in [0.05, 0.1) is 5.69 Å². The first-order valence-corrected chi connectivity index (χ1v) is 7.87. The van der Waals surface area contributed by atoms with E-state index in [1.807, 2.05) is 19.1 Å². The van der Waals surface area contributed by atoms with Crippen LogP contribution in [0.5, 0.6) is 0 Å². The summed E-state index contributed by atoms with van der Waals surface area (Å²) in [6, 6.07) is 12.6. The van der Waals surface area contributed by atoms with Crippen LogP contribution >= 0.6 is 11.6 Å². The summed E-state index contributed by atoms with van der Waals surface area (Å²) in [5.41, 5.74) is 1.34. The Morgan fingerprint density at radius 1 is 1.27 bits per heavy atom. The van der Waals surface area contributed by atoms with Crippen molar-refractivity contribution in [2.75, 3.05) is 11.9 Å². The monoisotopic (exact) mass is 372 g/mol. The molecule has 0 saturated carbocycles. The van der Waals surface area contributed by atoms with Gasteiger partial charge in [0.1, 0.15) is 17.5 Å². The summed E-state index contributed by atoms with van der Waals surface area (Å²) in [5.74, 6) is -2.40. The Hall–Kier alpha value is -3.17. The van der Waals surface area contributed by atoms with Crippen molar-refractivity contribution in [3.8, 4) is 6.07 Å². The second-order valence-corrected chi connectivity index (χ2v) is 5.77. The molecule has 7 heteroatoms. The number of carbonyl (C=O) groups excluding carboxylic acids is 2. The number of anilines is 1. The van der Waals surface area contributed by atoms with Gasteiger partial charge >= 0.3 is 5.97 Å². The molecule has 0 aliphatic carbocycles. The van der Waals surface area contributed by atoms with E-state index in [-0.39, 0.29) is 16.3 Å². The van der Waals surface area contributed by atoms with E-state index in [2.05, 4.69) is 5.32 Å². The second kappa shape index (κ2) is 8.79. The van der Waals surface area contributed by atoms with Gasteiger partial charge in [-0.3, -0.25) is 4.79 Å². The first kappa shape index (κ1) is 19.2. The zero-order chi connectivity index (χ0) is 19.1. The number of halogens is 2. The minimum absolute atomic E-state index is 0.0915. The van der Waals surface area contributed by atoms with E-state index in [0.717, 1.165) is 11.6 Å². The number of carbonyl (C=O) groups is 2. The number of amides is 1. The third-order valence-electron chi connectivity index (χ3n) is 3.27. The number of ether oxygens (including phenoxy) is 1. The molecule has 2 aromatic rings. The zero-order valence-corrected chi connectivity index (χ0v) is 14.5. The molecule has 0 spiro atoms. The van der Waals surface area contributed by atoms with Crippen molar-refractivity contribution < 1.29 is 18.7 Å². The lowest BCUT2D eigenvalue weighted by Crippen LogP contribution is -2.21. The van der Waals surface area contributed by atoms with E-state index in [9.17, 15) is 14.0 Å². The highest BCUT2D eigenvalue weighted by Gasteiger charge is 2.14. The maximum absolute atomic E-state index is 13.6. The molecule has 5 nitrogen and oxygen atoms in total. The standard InChI is InChI=1S/C19H14ClFN2O3/c1-12-2-4-13(5-3-12)8-14(10-22)19(25)26-11-18(24)23-17-7-6-15(20)9-16(17)21/h2-9H,11H2,1H3,(H,23,24)/b14-8+. The molecular formula is C19H14ClFN2O3. The van der Waals surface area contributed by atoms with Gasteiger partial charge in [0, 0.05) is 5.02 Å². The van der Waals surface area contributed by atoms with Gasteiger partial charge in [-0.25, -0.2) is 9.18 Å². The van der Waals surface area contributed by atoms with Crippen molar-refractivity contribution in [3.05, 3.63) is 70.0 Å². The van der Waals surface area contributed by atoms with Crippen LogP contribution in [0.2, 0.25) is 5.02 Å². The van der Waals surface area contributed by atoms with Gasteiger partial charge < -0.3 is 10.1 Å². The van der Waals surface area contributed by atoms with Gasteiger partial charge in [-0.15, -0.1) is 0 Å². The van der Waals surface area contributed by atoms with Crippen LogP contribution in [0, 0.1) is 24.1 Å². The van der Waals surface area contributed by atoms with Crippen molar-refractivity contribution in [2.45, 2.75) is 6.92 Å². The van der Waals surface area contributed by atoms with Crippen LogP contribution in [0.3, 0.4) is 0 Å². The highest BCUT2D eigenvalue weighted by atomic mass is 35.5. The number of esters is 1. The molecular weight excluding hydrogens is 359 g/mol. The van der Waals surface area contributed by atoms with Crippen molar-refractivity contribution in [1.82, 2.24) is 0 Å². The van der Waals surface area contributed by atoms with Crippen molar-refractivity contribution >= 4 is 35.2 Å². The predicted molar refractivity (Wildman–Crippen MR) is 95.8 cm³/mol. The van der Waals surface area contributed by atoms with Crippen molar-refractivity contribution in [2.24, 2.45) is 0 Å². The molecule has 0 fully saturated rings. The summed E-state index contributed by atoms with van der Waals surface area (Å²) < 4.78 is 18.4. The van der Waals surface area contributed by atoms with Gasteiger partial charge in [0.25, 0.3) is 5.91 Å². The summed E-state index contributed by atoms with van der Waals surface area (Å²) in [5, 5.41) is 11.5. The maximum Gasteiger partial charge on any atom is 0.349 e. The Balaban J connectivity index is 1.96. The summed E-state index contributed by atoms with van der Waals surface area (Å²) in [4.78, 5) is 23.7. The lowest BCUT2D eigenvalue weighted by Gasteiger charge is -2.07. The van der Waals surface area contributed by atoms with Crippen LogP contribution in [0.1, 0.15) is 11.1 Å². The molecule has 1 N–H and O–H groups in total. The van der Waals surface area contributed by atoms with E-state index in [4.69, 9.17) is 21.6 Å². The van der Waals surface area contributed by atoms with Crippen LogP contribution in [-0.2, 0) is 14.3 Å². The predicted octanol–water partition coefficient (Wildman–Crippen LogP) is 3.88. The quantitative estimate of drug-likeness (QED) is 0.491. The smallest absolute Gasteiger partial charge is 0.349 e. The number of rotatable bonds is 5. The zero-order valence-electron chi connectivity index (χ0n) is 13.8. The number of aryl methyl sites for hydroxylation is 1. The van der Waals surface area contributed by atoms with Crippen molar-refractivity contribution in [3.63, 3.8) is 0 Å². The average molecular weight is 373 g/mol. The molecule has 0 aliphatic heterocycles. The number of nitriles is 1. The van der Waals surface area contributed by atoms with Gasteiger partial charge in [-0.05, 0) is 36.8 Å². The van der Waals surface area contributed by atoms with Crippen LogP contribution in [0.4, 0.5) is 10.1 Å². The Kier molecular flexibility index (Phi) is 6.48. The number of nitrogens with zero attached hydrogens (tertiary/aromatic N) is 1. The molecule has 1 amide bonds. The molecule has 0 bridgehead atoms. The average Bonchev–Trinajstić information content (AvgIpc) is 2.61. The highest BCUT2D eigenvalue weighted by Crippen LogP contribution is 2.18. The van der Waals surface area contributed by atoms with Crippen LogP contribution in [-0.4, -0.2) is 18.5 Å². The van der Waals surface area contributed by atoms with Gasteiger partial charge in [0.15, 0.2) is 6.61 Å². The Labute approximate surface area is 154 Å². The fourth-order valence-electron chi connectivity index (χ4n) is 1.95. The molecule has 2 aromatic carbocycles. The van der Waals surface area contributed by atoms with Gasteiger partial charge in [-0.2, -0.15) is 5.26 Å². The number of nitrogens with one attached hydrogen (secondary N) is 1. The molecule has 0 aliphatic rings. The van der Waals surface area contributed by atoms with Gasteiger partial charge in [-0.1, -0.05) is 41.4 Å². The van der Waals surface area contributed by atoms with Gasteiger partial charge in [0.2, 0.25) is 0 Å². The molecule has 0 saturated heterocycles. The molecule has 0 aromatic heterocycles. The van der Waals surface area contributed by atoms with Crippen LogP contribution < -0.4 is 5.32 Å². The molecule has 0 atom stereocenters. The molecule has 132 valence electrons. The third-order valence-corrected chi connectivity index (χ3v) is 3.50. The lowest BCUT2D eigenvalue weighted by molar-refractivity contribution is -0.142. The largest absolute Gasteiger partial charge is 0.451 e. The highest BCUT2D eigenvalue weighted by molar-refractivity contribution is 6.30. The van der Waals surface area contributed by atoms with E-state index in [1.165, 1.54) is 18.2 Å². The number of benzene rings is 2. The third kappa shape index (κ3) is 5.43. The summed E-state index contributed by atoms with van der Waals surface area (Å²) >= 11 is 5.62. The molecule has 26 heavy (non-hydrogen) atoms. The Morgan fingerprint density at radius 3 is 2.58 bits per heavy atom. The summed E-state index contributed by atoms with van der Waals surface area (Å²) in [6.07, 6.45) is 1.36. The normalized spacial score (nSPS) is 10.8. The molecule has 2 rings (SSSR count). The minimum Gasteiger partial charge on any atom is -0.451 e. The topological polar surface area (TPSA) is 79.2 Å². The molecule has 0 radical (unpaired) electrons. The van der Waals surface area contributed by atoms with Crippen LogP contribution in [0.15, 0.2) is 48.0 Å². The summed E-state index contributed by atoms with van der Waals surface area (Å²) in [7, 11) is 0. The van der Waals surface area contributed by atoms with Crippen molar-refractivity contribution in [1.29, 1.82) is 5.26 Å². The van der Waals surface area contributed by atoms with E-state index in [0.29, 0.717) is 5.56 Å². The van der Waals surface area contributed by atoms with E-state index < -0.39 is 24.3 Å². The SMILES string of the molecule is Cc1ccc(/C=C(\C#N)C(=O)OCC(=O)Nc2ccc(Cl)cc2F)cc1. The Morgan fingerprint density at radius 2 is 1.96 bits per heavy atom.